The van der Waals surface area contributed by atoms with Crippen molar-refractivity contribution in [1.82, 2.24) is 5.32 Å². The molecule has 28 heavy (non-hydrogen) atoms. The number of hydrogen-bond acceptors (Lipinski definition) is 4. The van der Waals surface area contributed by atoms with Crippen molar-refractivity contribution in [2.24, 2.45) is 0 Å². The number of rotatable bonds is 9. The van der Waals surface area contributed by atoms with Crippen LogP contribution in [-0.4, -0.2) is 38.9 Å². The highest BCUT2D eigenvalue weighted by Gasteiger charge is 2.28. The number of nitrogens with zero attached hydrogens (tertiary/aromatic N) is 1. The minimum Gasteiger partial charge on any atom is -0.353 e. The first-order valence-corrected chi connectivity index (χ1v) is 12.2. The molecule has 0 heterocycles. The van der Waals surface area contributed by atoms with E-state index < -0.39 is 16.1 Å². The minimum absolute atomic E-state index is 0.325. The summed E-state index contributed by atoms with van der Waals surface area (Å²) in [5.74, 6) is 1.19. The molecule has 1 amide bonds. The van der Waals surface area contributed by atoms with Crippen LogP contribution in [0.15, 0.2) is 48.5 Å². The Bertz CT molecular complexity index is 902. The lowest BCUT2D eigenvalue weighted by Gasteiger charge is -2.28. The van der Waals surface area contributed by atoms with Gasteiger partial charge in [-0.25, -0.2) is 8.42 Å². The van der Waals surface area contributed by atoms with E-state index in [1.54, 1.807) is 30.8 Å². The van der Waals surface area contributed by atoms with Gasteiger partial charge in [-0.2, -0.15) is 11.8 Å². The topological polar surface area (TPSA) is 66.5 Å². The summed E-state index contributed by atoms with van der Waals surface area (Å²) in [4.78, 5) is 12.5. The molecule has 8 heteroatoms. The van der Waals surface area contributed by atoms with Crippen LogP contribution in [0, 0.1) is 6.92 Å². The number of nitrogens with one attached hydrogen (secondary N) is 1. The Hall–Kier alpha value is -1.70. The van der Waals surface area contributed by atoms with Crippen molar-refractivity contribution in [2.75, 3.05) is 22.9 Å². The van der Waals surface area contributed by atoms with Crippen molar-refractivity contribution in [1.29, 1.82) is 0 Å². The maximum absolute atomic E-state index is 12.5. The lowest BCUT2D eigenvalue weighted by molar-refractivity contribution is -0.121. The number of halogens is 1. The van der Waals surface area contributed by atoms with E-state index in [0.717, 1.165) is 27.4 Å². The molecule has 0 spiro atoms. The van der Waals surface area contributed by atoms with Crippen LogP contribution in [0.1, 0.15) is 18.1 Å². The summed E-state index contributed by atoms with van der Waals surface area (Å²) in [6.45, 7) is 3.97. The molecule has 1 atom stereocenters. The lowest BCUT2D eigenvalue weighted by atomic mass is 10.2. The van der Waals surface area contributed by atoms with Crippen LogP contribution in [0.3, 0.4) is 0 Å². The molecule has 0 aliphatic carbocycles. The van der Waals surface area contributed by atoms with Gasteiger partial charge in [-0.1, -0.05) is 41.4 Å². The maximum atomic E-state index is 12.5. The molecule has 5 nitrogen and oxygen atoms in total. The Morgan fingerprint density at radius 2 is 1.89 bits per heavy atom. The lowest BCUT2D eigenvalue weighted by Crippen LogP contribution is -2.48. The number of carbonyl (C=O) groups excluding carboxylic acids is 1. The normalized spacial score (nSPS) is 12.4. The third-order valence-corrected chi connectivity index (χ3v) is 6.59. The van der Waals surface area contributed by atoms with E-state index in [2.05, 4.69) is 5.32 Å². The molecule has 1 N–H and O–H groups in total. The fourth-order valence-electron chi connectivity index (χ4n) is 2.71. The summed E-state index contributed by atoms with van der Waals surface area (Å²) < 4.78 is 25.7. The Balaban J connectivity index is 1.89. The Morgan fingerprint density at radius 3 is 2.50 bits per heavy atom. The molecule has 152 valence electrons. The molecule has 2 rings (SSSR count). The van der Waals surface area contributed by atoms with Gasteiger partial charge in [0.25, 0.3) is 0 Å². The number of benzene rings is 2. The van der Waals surface area contributed by atoms with E-state index in [1.165, 1.54) is 0 Å². The van der Waals surface area contributed by atoms with Crippen molar-refractivity contribution < 1.29 is 13.2 Å². The highest BCUT2D eigenvalue weighted by molar-refractivity contribution is 7.98. The molecule has 0 fully saturated rings. The number of thioether (sulfide) groups is 1. The first-order valence-electron chi connectivity index (χ1n) is 8.84. The standard InChI is InChI=1S/C20H25ClN2O3S2/c1-15-7-9-19(10-8-15)23(28(3,25)26)16(2)20(24)22-11-12-27-14-17-5-4-6-18(21)13-17/h4-10,13,16H,11-12,14H2,1-3H3,(H,22,24)/t16-/m0/s1. The zero-order valence-electron chi connectivity index (χ0n) is 16.2. The van der Waals surface area contributed by atoms with Crippen LogP contribution in [0.4, 0.5) is 5.69 Å². The second-order valence-electron chi connectivity index (χ2n) is 6.54. The van der Waals surface area contributed by atoms with E-state index in [1.807, 2.05) is 43.3 Å². The number of sulfonamides is 1. The van der Waals surface area contributed by atoms with E-state index in [-0.39, 0.29) is 5.91 Å². The van der Waals surface area contributed by atoms with Crippen LogP contribution in [0.2, 0.25) is 5.02 Å². The molecule has 0 radical (unpaired) electrons. The molecule has 0 bridgehead atoms. The minimum atomic E-state index is -3.60. The molecule has 0 aromatic heterocycles. The number of aryl methyl sites for hydroxylation is 1. The molecular formula is C20H25ClN2O3S2. The second-order valence-corrected chi connectivity index (χ2v) is 9.94. The van der Waals surface area contributed by atoms with E-state index in [9.17, 15) is 13.2 Å². The monoisotopic (exact) mass is 440 g/mol. The molecule has 0 unspecified atom stereocenters. The van der Waals surface area contributed by atoms with Gasteiger partial charge in [0.15, 0.2) is 0 Å². The van der Waals surface area contributed by atoms with Gasteiger partial charge in [-0.15, -0.1) is 0 Å². The maximum Gasteiger partial charge on any atom is 0.243 e. The largest absolute Gasteiger partial charge is 0.353 e. The van der Waals surface area contributed by atoms with Crippen molar-refractivity contribution in [3.05, 3.63) is 64.7 Å². The Morgan fingerprint density at radius 1 is 1.21 bits per heavy atom. The first-order chi connectivity index (χ1) is 13.2. The van der Waals surface area contributed by atoms with Gasteiger partial charge < -0.3 is 5.32 Å². The van der Waals surface area contributed by atoms with Crippen LogP contribution >= 0.6 is 23.4 Å². The van der Waals surface area contributed by atoms with Crippen LogP contribution < -0.4 is 9.62 Å². The average molecular weight is 441 g/mol. The van der Waals surface area contributed by atoms with Gasteiger partial charge in [0, 0.05) is 23.1 Å². The molecule has 0 saturated heterocycles. The van der Waals surface area contributed by atoms with Gasteiger partial charge >= 0.3 is 0 Å². The zero-order valence-corrected chi connectivity index (χ0v) is 18.6. The highest BCUT2D eigenvalue weighted by atomic mass is 35.5. The summed E-state index contributed by atoms with van der Waals surface area (Å²) in [5.41, 5.74) is 2.62. The first kappa shape index (κ1) is 22.6. The average Bonchev–Trinajstić information content (AvgIpc) is 2.62. The molecular weight excluding hydrogens is 416 g/mol. The van der Waals surface area contributed by atoms with E-state index in [0.29, 0.717) is 23.0 Å². The smallest absolute Gasteiger partial charge is 0.243 e. The van der Waals surface area contributed by atoms with Crippen LogP contribution in [0.5, 0.6) is 0 Å². The summed E-state index contributed by atoms with van der Waals surface area (Å²) >= 11 is 7.64. The summed E-state index contributed by atoms with van der Waals surface area (Å²) in [6.07, 6.45) is 1.11. The second kappa shape index (κ2) is 10.2. The van der Waals surface area contributed by atoms with Gasteiger partial charge in [0.05, 0.1) is 11.9 Å². The third-order valence-electron chi connectivity index (χ3n) is 4.08. The summed E-state index contributed by atoms with van der Waals surface area (Å²) in [5, 5.41) is 3.53. The van der Waals surface area contributed by atoms with Crippen molar-refractivity contribution in [3.8, 4) is 0 Å². The number of carbonyl (C=O) groups is 1. The van der Waals surface area contributed by atoms with Crippen LogP contribution in [-0.2, 0) is 20.6 Å². The van der Waals surface area contributed by atoms with E-state index in [4.69, 9.17) is 11.6 Å². The molecule has 2 aromatic carbocycles. The Kier molecular flexibility index (Phi) is 8.22. The quantitative estimate of drug-likeness (QED) is 0.601. The fraction of sp³-hybridized carbons (Fsp3) is 0.350. The SMILES string of the molecule is Cc1ccc(N([C@@H](C)C(=O)NCCSCc2cccc(Cl)c2)S(C)(=O)=O)cc1. The third kappa shape index (κ3) is 6.72. The number of amides is 1. The van der Waals surface area contributed by atoms with Crippen LogP contribution in [0.25, 0.3) is 0 Å². The van der Waals surface area contributed by atoms with Gasteiger partial charge in [-0.05, 0) is 43.7 Å². The zero-order chi connectivity index (χ0) is 20.7. The number of anilines is 1. The van der Waals surface area contributed by atoms with Crippen molar-refractivity contribution >= 4 is 45.0 Å². The Labute approximate surface area is 176 Å². The fourth-order valence-corrected chi connectivity index (χ4v) is 4.91. The van der Waals surface area contributed by atoms with Gasteiger partial charge in [0.1, 0.15) is 6.04 Å². The van der Waals surface area contributed by atoms with Gasteiger partial charge in [0.2, 0.25) is 15.9 Å². The van der Waals surface area contributed by atoms with Crippen molar-refractivity contribution in [2.45, 2.75) is 25.6 Å². The molecule has 2 aromatic rings. The summed E-state index contributed by atoms with van der Waals surface area (Å²) in [6, 6.07) is 13.9. The molecule has 0 saturated carbocycles. The molecule has 0 aliphatic heterocycles. The number of hydrogen-bond donors (Lipinski definition) is 1. The van der Waals surface area contributed by atoms with Gasteiger partial charge in [-0.3, -0.25) is 9.10 Å². The van der Waals surface area contributed by atoms with E-state index >= 15 is 0 Å². The molecule has 0 aliphatic rings. The summed E-state index contributed by atoms with van der Waals surface area (Å²) in [7, 11) is -3.60. The van der Waals surface area contributed by atoms with Crippen molar-refractivity contribution in [3.63, 3.8) is 0 Å². The predicted octanol–water partition coefficient (Wildman–Crippen LogP) is 3.85. The highest BCUT2D eigenvalue weighted by Crippen LogP contribution is 2.21. The predicted molar refractivity (Wildman–Crippen MR) is 119 cm³/mol.